The molecular weight excluding hydrogens is 211 g/mol. The fraction of sp³-hybridized carbons (Fsp3) is 0.364. The predicted molar refractivity (Wildman–Crippen MR) is 57.5 cm³/mol. The Hall–Kier alpha value is -1.62. The zero-order valence-corrected chi connectivity index (χ0v) is 8.78. The zero-order chi connectivity index (χ0) is 11.5. The minimum absolute atomic E-state index is 0.000825. The molecule has 0 bridgehead atoms. The number of anilines is 1. The minimum Gasteiger partial charge on any atom is -0.396 e. The maximum absolute atomic E-state index is 12.9. The first-order chi connectivity index (χ1) is 7.68. The highest BCUT2D eigenvalue weighted by atomic mass is 19.1. The van der Waals surface area contributed by atoms with Gasteiger partial charge in [0.05, 0.1) is 18.9 Å². The summed E-state index contributed by atoms with van der Waals surface area (Å²) >= 11 is 0. The monoisotopic (exact) mass is 224 g/mol. The highest BCUT2D eigenvalue weighted by Crippen LogP contribution is 2.14. The summed E-state index contributed by atoms with van der Waals surface area (Å²) in [6.45, 7) is 2.22. The number of hydrogen-bond donors (Lipinski definition) is 1. The van der Waals surface area contributed by atoms with E-state index >= 15 is 0 Å². The summed E-state index contributed by atoms with van der Waals surface area (Å²) in [5, 5.41) is 0. The lowest BCUT2D eigenvalue weighted by Crippen LogP contribution is -2.40. The smallest absolute Gasteiger partial charge is 0.254 e. The van der Waals surface area contributed by atoms with Crippen LogP contribution in [0.2, 0.25) is 0 Å². The Morgan fingerprint density at radius 3 is 2.69 bits per heavy atom. The molecule has 0 unspecified atom stereocenters. The number of rotatable bonds is 1. The van der Waals surface area contributed by atoms with Crippen LogP contribution in [-0.4, -0.2) is 37.1 Å². The van der Waals surface area contributed by atoms with Crippen LogP contribution < -0.4 is 5.73 Å². The molecule has 1 fully saturated rings. The van der Waals surface area contributed by atoms with Crippen molar-refractivity contribution in [2.24, 2.45) is 0 Å². The Labute approximate surface area is 92.8 Å². The molecule has 1 aliphatic rings. The average molecular weight is 224 g/mol. The van der Waals surface area contributed by atoms with E-state index in [4.69, 9.17) is 10.5 Å². The topological polar surface area (TPSA) is 55.6 Å². The van der Waals surface area contributed by atoms with Crippen LogP contribution in [-0.2, 0) is 4.74 Å². The second-order valence-electron chi connectivity index (χ2n) is 3.64. The fourth-order valence-corrected chi connectivity index (χ4v) is 1.63. The summed E-state index contributed by atoms with van der Waals surface area (Å²) in [4.78, 5) is 13.6. The maximum Gasteiger partial charge on any atom is 0.254 e. The Balaban J connectivity index is 2.16. The Kier molecular flexibility index (Phi) is 3.05. The first kappa shape index (κ1) is 10.9. The molecule has 4 nitrogen and oxygen atoms in total. The van der Waals surface area contributed by atoms with Gasteiger partial charge < -0.3 is 15.4 Å². The van der Waals surface area contributed by atoms with Gasteiger partial charge in [0.15, 0.2) is 0 Å². The van der Waals surface area contributed by atoms with Crippen molar-refractivity contribution in [1.29, 1.82) is 0 Å². The summed E-state index contributed by atoms with van der Waals surface area (Å²) in [5.41, 5.74) is 5.83. The molecule has 0 saturated carbocycles. The molecule has 5 heteroatoms. The van der Waals surface area contributed by atoms with Crippen molar-refractivity contribution in [1.82, 2.24) is 4.90 Å². The number of hydrogen-bond acceptors (Lipinski definition) is 3. The van der Waals surface area contributed by atoms with E-state index in [2.05, 4.69) is 0 Å². The third kappa shape index (κ3) is 2.14. The Morgan fingerprint density at radius 2 is 2.06 bits per heavy atom. The lowest BCUT2D eigenvalue weighted by atomic mass is 10.1. The number of nitrogens with two attached hydrogens (primary N) is 1. The molecular formula is C11H13FN2O2. The second kappa shape index (κ2) is 4.49. The molecule has 0 radical (unpaired) electrons. The Bertz CT molecular complexity index is 403. The summed E-state index contributed by atoms with van der Waals surface area (Å²) in [6, 6.07) is 4.03. The lowest BCUT2D eigenvalue weighted by molar-refractivity contribution is 0.0303. The largest absolute Gasteiger partial charge is 0.396 e. The van der Waals surface area contributed by atoms with E-state index in [1.165, 1.54) is 18.2 Å². The molecule has 1 aromatic carbocycles. The van der Waals surface area contributed by atoms with Crippen LogP contribution in [0.4, 0.5) is 10.1 Å². The van der Waals surface area contributed by atoms with E-state index in [0.29, 0.717) is 31.9 Å². The molecule has 1 aromatic rings. The number of carbonyl (C=O) groups excluding carboxylic acids is 1. The average Bonchev–Trinajstić information content (AvgIpc) is 2.33. The van der Waals surface area contributed by atoms with Gasteiger partial charge in [-0.25, -0.2) is 4.39 Å². The van der Waals surface area contributed by atoms with Gasteiger partial charge >= 0.3 is 0 Å². The number of morpholine rings is 1. The van der Waals surface area contributed by atoms with Gasteiger partial charge in [-0.2, -0.15) is 0 Å². The van der Waals surface area contributed by atoms with E-state index in [-0.39, 0.29) is 11.6 Å². The summed E-state index contributed by atoms with van der Waals surface area (Å²) in [5.74, 6) is -0.631. The molecule has 16 heavy (non-hydrogen) atoms. The normalized spacial score (nSPS) is 16.2. The van der Waals surface area contributed by atoms with Crippen molar-refractivity contribution >= 4 is 11.6 Å². The van der Waals surface area contributed by atoms with Crippen molar-refractivity contribution in [3.05, 3.63) is 29.6 Å². The van der Waals surface area contributed by atoms with Gasteiger partial charge in [-0.05, 0) is 18.2 Å². The molecule has 0 aliphatic carbocycles. The van der Waals surface area contributed by atoms with Gasteiger partial charge in [-0.1, -0.05) is 0 Å². The SMILES string of the molecule is Nc1cc(C(=O)N2CCOCC2)ccc1F. The molecule has 0 atom stereocenters. The number of benzene rings is 1. The lowest BCUT2D eigenvalue weighted by Gasteiger charge is -2.26. The molecule has 0 aromatic heterocycles. The summed E-state index contributed by atoms with van der Waals surface area (Å²) in [6.07, 6.45) is 0. The third-order valence-electron chi connectivity index (χ3n) is 2.54. The third-order valence-corrected chi connectivity index (χ3v) is 2.54. The maximum atomic E-state index is 12.9. The zero-order valence-electron chi connectivity index (χ0n) is 8.78. The molecule has 1 heterocycles. The minimum atomic E-state index is -0.501. The molecule has 1 amide bonds. The van der Waals surface area contributed by atoms with E-state index in [0.717, 1.165) is 0 Å². The van der Waals surface area contributed by atoms with Gasteiger partial charge in [-0.15, -0.1) is 0 Å². The van der Waals surface area contributed by atoms with Gasteiger partial charge in [0.1, 0.15) is 5.82 Å². The van der Waals surface area contributed by atoms with E-state index in [9.17, 15) is 9.18 Å². The van der Waals surface area contributed by atoms with Crippen LogP contribution in [0.15, 0.2) is 18.2 Å². The van der Waals surface area contributed by atoms with Gasteiger partial charge in [0.2, 0.25) is 0 Å². The summed E-state index contributed by atoms with van der Waals surface area (Å²) < 4.78 is 18.1. The molecule has 86 valence electrons. The number of halogens is 1. The first-order valence-corrected chi connectivity index (χ1v) is 5.10. The van der Waals surface area contributed by atoms with Gasteiger partial charge in [0.25, 0.3) is 5.91 Å². The van der Waals surface area contributed by atoms with Crippen molar-refractivity contribution in [3.8, 4) is 0 Å². The van der Waals surface area contributed by atoms with Crippen molar-refractivity contribution in [2.45, 2.75) is 0 Å². The highest BCUT2D eigenvalue weighted by Gasteiger charge is 2.18. The number of ether oxygens (including phenoxy) is 1. The number of nitrogens with zero attached hydrogens (tertiary/aromatic N) is 1. The van der Waals surface area contributed by atoms with Crippen molar-refractivity contribution < 1.29 is 13.9 Å². The van der Waals surface area contributed by atoms with Crippen LogP contribution in [0.3, 0.4) is 0 Å². The molecule has 0 spiro atoms. The standard InChI is InChI=1S/C11H13FN2O2/c12-9-2-1-8(7-10(9)13)11(15)14-3-5-16-6-4-14/h1-2,7H,3-6,13H2. The van der Waals surface area contributed by atoms with E-state index in [1.807, 2.05) is 0 Å². The number of carbonyl (C=O) groups is 1. The van der Waals surface area contributed by atoms with Crippen LogP contribution in [0, 0.1) is 5.82 Å². The van der Waals surface area contributed by atoms with Crippen LogP contribution >= 0.6 is 0 Å². The highest BCUT2D eigenvalue weighted by molar-refractivity contribution is 5.95. The van der Waals surface area contributed by atoms with Crippen LogP contribution in [0.1, 0.15) is 10.4 Å². The molecule has 2 rings (SSSR count). The fourth-order valence-electron chi connectivity index (χ4n) is 1.63. The van der Waals surface area contributed by atoms with E-state index in [1.54, 1.807) is 4.90 Å². The molecule has 1 aliphatic heterocycles. The van der Waals surface area contributed by atoms with Crippen LogP contribution in [0.5, 0.6) is 0 Å². The van der Waals surface area contributed by atoms with Gasteiger partial charge in [-0.3, -0.25) is 4.79 Å². The van der Waals surface area contributed by atoms with Crippen molar-refractivity contribution in [3.63, 3.8) is 0 Å². The Morgan fingerprint density at radius 1 is 1.38 bits per heavy atom. The second-order valence-corrected chi connectivity index (χ2v) is 3.64. The number of amides is 1. The van der Waals surface area contributed by atoms with Crippen LogP contribution in [0.25, 0.3) is 0 Å². The molecule has 2 N–H and O–H groups in total. The van der Waals surface area contributed by atoms with E-state index < -0.39 is 5.82 Å². The quantitative estimate of drug-likeness (QED) is 0.720. The summed E-state index contributed by atoms with van der Waals surface area (Å²) in [7, 11) is 0. The molecule has 1 saturated heterocycles. The number of nitrogen functional groups attached to an aromatic ring is 1. The van der Waals surface area contributed by atoms with Crippen molar-refractivity contribution in [2.75, 3.05) is 32.0 Å². The van der Waals surface area contributed by atoms with Gasteiger partial charge in [0, 0.05) is 18.7 Å². The predicted octanol–water partition coefficient (Wildman–Crippen LogP) is 0.880. The first-order valence-electron chi connectivity index (χ1n) is 5.10.